The zero-order valence-corrected chi connectivity index (χ0v) is 18.3. The largest absolute Gasteiger partial charge is 0.466 e. The van der Waals surface area contributed by atoms with Crippen molar-refractivity contribution in [3.05, 3.63) is 77.0 Å². The van der Waals surface area contributed by atoms with Crippen molar-refractivity contribution in [3.8, 4) is 0 Å². The molecule has 0 saturated heterocycles. The van der Waals surface area contributed by atoms with Gasteiger partial charge >= 0.3 is 5.97 Å². The van der Waals surface area contributed by atoms with Gasteiger partial charge in [-0.15, -0.1) is 0 Å². The number of ether oxygens (including phenoxy) is 1. The fraction of sp³-hybridized carbons (Fsp3) is 0.346. The van der Waals surface area contributed by atoms with E-state index in [1.54, 1.807) is 6.08 Å². The van der Waals surface area contributed by atoms with Crippen molar-refractivity contribution in [2.75, 3.05) is 20.3 Å². The molecular formula is C26H29FN2O2. The van der Waals surface area contributed by atoms with E-state index in [2.05, 4.69) is 51.9 Å². The molecule has 1 unspecified atom stereocenters. The van der Waals surface area contributed by atoms with Gasteiger partial charge in [-0.2, -0.15) is 0 Å². The van der Waals surface area contributed by atoms with Crippen LogP contribution in [0.25, 0.3) is 17.0 Å². The van der Waals surface area contributed by atoms with E-state index in [0.29, 0.717) is 12.6 Å². The molecule has 5 heteroatoms. The Hall–Kier alpha value is -2.92. The third-order valence-electron chi connectivity index (χ3n) is 6.17. The summed E-state index contributed by atoms with van der Waals surface area (Å²) in [6.45, 7) is 4.56. The van der Waals surface area contributed by atoms with Gasteiger partial charge in [0.25, 0.3) is 0 Å². The van der Waals surface area contributed by atoms with Crippen molar-refractivity contribution >= 4 is 22.9 Å². The number of nitrogens with one attached hydrogen (secondary N) is 1. The molecule has 1 N–H and O–H groups in total. The smallest absolute Gasteiger partial charge is 0.330 e. The number of hydrogen-bond donors (Lipinski definition) is 1. The van der Waals surface area contributed by atoms with Crippen LogP contribution in [-0.4, -0.2) is 42.2 Å². The Morgan fingerprint density at radius 3 is 2.71 bits per heavy atom. The molecule has 31 heavy (non-hydrogen) atoms. The molecule has 1 aromatic heterocycles. The first kappa shape index (κ1) is 21.3. The number of halogens is 1. The summed E-state index contributed by atoms with van der Waals surface area (Å²) in [5.74, 6) is -0.405. The standard InChI is InChI=1S/C26H29FN2O2/c1-17(15-27)16-29-18(2)14-22-21-6-4-5-7-23(21)28-25(22)26(29)20-11-8-19(9-12-20)10-13-24(30)31-3/h4-13,17-18,26,28H,14-16H2,1-3H3/t17?,18-,26-/m1/s1. The monoisotopic (exact) mass is 420 g/mol. The summed E-state index contributed by atoms with van der Waals surface area (Å²) in [5, 5.41) is 1.27. The zero-order chi connectivity index (χ0) is 22.0. The van der Waals surface area contributed by atoms with Crippen LogP contribution in [0.15, 0.2) is 54.6 Å². The molecule has 4 nitrogen and oxygen atoms in total. The highest BCUT2D eigenvalue weighted by atomic mass is 19.1. The Morgan fingerprint density at radius 2 is 2.00 bits per heavy atom. The van der Waals surface area contributed by atoms with Crippen LogP contribution < -0.4 is 0 Å². The maximum atomic E-state index is 13.4. The van der Waals surface area contributed by atoms with Crippen LogP contribution in [0.4, 0.5) is 4.39 Å². The molecule has 2 heterocycles. The first-order valence-corrected chi connectivity index (χ1v) is 10.8. The minimum Gasteiger partial charge on any atom is -0.466 e. The van der Waals surface area contributed by atoms with Crippen LogP contribution in [-0.2, 0) is 16.0 Å². The maximum absolute atomic E-state index is 13.4. The summed E-state index contributed by atoms with van der Waals surface area (Å²) >= 11 is 0. The van der Waals surface area contributed by atoms with Gasteiger partial charge in [-0.05, 0) is 48.1 Å². The van der Waals surface area contributed by atoms with Crippen LogP contribution in [0.5, 0.6) is 0 Å². The number of nitrogens with zero attached hydrogens (tertiary/aromatic N) is 1. The number of rotatable bonds is 6. The zero-order valence-electron chi connectivity index (χ0n) is 18.3. The number of methoxy groups -OCH3 is 1. The topological polar surface area (TPSA) is 45.3 Å². The van der Waals surface area contributed by atoms with Crippen LogP contribution in [0.3, 0.4) is 0 Å². The minimum absolute atomic E-state index is 0.0267. The summed E-state index contributed by atoms with van der Waals surface area (Å²) in [4.78, 5) is 17.5. The summed E-state index contributed by atoms with van der Waals surface area (Å²) < 4.78 is 18.1. The number of aromatic amines is 1. The van der Waals surface area contributed by atoms with E-state index in [1.165, 1.54) is 29.8 Å². The highest BCUT2D eigenvalue weighted by molar-refractivity contribution is 5.87. The SMILES string of the molecule is COC(=O)C=Cc1ccc([C@@H]2c3[nH]c4ccccc4c3C[C@@H](C)N2CC(C)CF)cc1. The van der Waals surface area contributed by atoms with Gasteiger partial charge in [0.1, 0.15) is 0 Å². The predicted molar refractivity (Wildman–Crippen MR) is 123 cm³/mol. The molecule has 1 aliphatic heterocycles. The van der Waals surface area contributed by atoms with Crippen molar-refractivity contribution in [3.63, 3.8) is 0 Å². The van der Waals surface area contributed by atoms with E-state index in [4.69, 9.17) is 0 Å². The number of fused-ring (bicyclic) bond motifs is 3. The van der Waals surface area contributed by atoms with Gasteiger partial charge in [0.15, 0.2) is 0 Å². The van der Waals surface area contributed by atoms with Gasteiger partial charge in [0, 0.05) is 35.3 Å². The van der Waals surface area contributed by atoms with E-state index in [0.717, 1.165) is 23.1 Å². The lowest BCUT2D eigenvalue weighted by atomic mass is 9.87. The van der Waals surface area contributed by atoms with Gasteiger partial charge in [-0.1, -0.05) is 49.4 Å². The van der Waals surface area contributed by atoms with Crippen molar-refractivity contribution < 1.29 is 13.9 Å². The van der Waals surface area contributed by atoms with E-state index in [-0.39, 0.29) is 24.6 Å². The quantitative estimate of drug-likeness (QED) is 0.435. The second-order valence-electron chi connectivity index (χ2n) is 8.50. The number of hydrogen-bond acceptors (Lipinski definition) is 3. The number of para-hydroxylation sites is 1. The van der Waals surface area contributed by atoms with Crippen LogP contribution in [0.1, 0.15) is 42.3 Å². The lowest BCUT2D eigenvalue weighted by Crippen LogP contribution is -2.45. The third-order valence-corrected chi connectivity index (χ3v) is 6.17. The van der Waals surface area contributed by atoms with Crippen LogP contribution >= 0.6 is 0 Å². The molecule has 0 aliphatic carbocycles. The summed E-state index contributed by atoms with van der Waals surface area (Å²) in [6.07, 6.45) is 4.11. The lowest BCUT2D eigenvalue weighted by molar-refractivity contribution is -0.134. The van der Waals surface area contributed by atoms with Gasteiger partial charge in [0.2, 0.25) is 0 Å². The number of esters is 1. The second-order valence-corrected chi connectivity index (χ2v) is 8.50. The van der Waals surface area contributed by atoms with E-state index in [1.807, 2.05) is 25.1 Å². The Labute approximate surface area is 182 Å². The Balaban J connectivity index is 1.76. The minimum atomic E-state index is -0.376. The molecule has 1 aliphatic rings. The van der Waals surface area contributed by atoms with Crippen molar-refractivity contribution in [1.29, 1.82) is 0 Å². The molecule has 0 spiro atoms. The summed E-state index contributed by atoms with van der Waals surface area (Å²) in [6, 6.07) is 17.0. The molecule has 0 amide bonds. The Kier molecular flexibility index (Phi) is 6.23. The van der Waals surface area contributed by atoms with Crippen LogP contribution in [0.2, 0.25) is 0 Å². The van der Waals surface area contributed by atoms with E-state index < -0.39 is 0 Å². The Bertz CT molecular complexity index is 1090. The molecule has 2 aromatic carbocycles. The van der Waals surface area contributed by atoms with Crippen molar-refractivity contribution in [2.24, 2.45) is 5.92 Å². The third kappa shape index (κ3) is 4.28. The molecule has 0 bridgehead atoms. The van der Waals surface area contributed by atoms with Crippen LogP contribution in [0, 0.1) is 5.92 Å². The number of alkyl halides is 1. The molecule has 0 fully saturated rings. The molecule has 0 radical (unpaired) electrons. The molecule has 3 aromatic rings. The van der Waals surface area contributed by atoms with E-state index >= 15 is 0 Å². The molecule has 162 valence electrons. The Morgan fingerprint density at radius 1 is 1.26 bits per heavy atom. The molecule has 0 saturated carbocycles. The maximum Gasteiger partial charge on any atom is 0.330 e. The summed E-state index contributed by atoms with van der Waals surface area (Å²) in [7, 11) is 1.37. The van der Waals surface area contributed by atoms with Gasteiger partial charge in [-0.25, -0.2) is 4.79 Å². The number of aromatic nitrogens is 1. The van der Waals surface area contributed by atoms with Crippen molar-refractivity contribution in [1.82, 2.24) is 9.88 Å². The first-order chi connectivity index (χ1) is 15.0. The fourth-order valence-corrected chi connectivity index (χ4v) is 4.58. The normalized spacial score (nSPS) is 20.1. The fourth-order valence-electron chi connectivity index (χ4n) is 4.58. The van der Waals surface area contributed by atoms with Gasteiger partial charge < -0.3 is 9.72 Å². The lowest BCUT2D eigenvalue weighted by Gasteiger charge is -2.42. The number of carbonyl (C=O) groups is 1. The summed E-state index contributed by atoms with van der Waals surface area (Å²) in [5.41, 5.74) is 5.78. The molecular weight excluding hydrogens is 391 g/mol. The predicted octanol–water partition coefficient (Wildman–Crippen LogP) is 5.30. The molecule has 3 atom stereocenters. The number of H-pyrrole nitrogens is 1. The van der Waals surface area contributed by atoms with E-state index in [9.17, 15) is 9.18 Å². The van der Waals surface area contributed by atoms with Gasteiger partial charge in [0.05, 0.1) is 19.8 Å². The number of carbonyl (C=O) groups excluding carboxylic acids is 1. The first-order valence-electron chi connectivity index (χ1n) is 10.8. The van der Waals surface area contributed by atoms with Gasteiger partial charge in [-0.3, -0.25) is 9.29 Å². The second kappa shape index (κ2) is 9.06. The average Bonchev–Trinajstić information content (AvgIpc) is 3.16. The highest BCUT2D eigenvalue weighted by Crippen LogP contribution is 2.41. The molecule has 4 rings (SSSR count). The van der Waals surface area contributed by atoms with Crippen molar-refractivity contribution in [2.45, 2.75) is 32.4 Å². The number of benzene rings is 2. The average molecular weight is 421 g/mol. The highest BCUT2D eigenvalue weighted by Gasteiger charge is 2.36.